The number of nitrogens with one attached hydrogen (secondary N) is 2. The van der Waals surface area contributed by atoms with Crippen molar-refractivity contribution in [2.24, 2.45) is 0 Å². The Balaban J connectivity index is 1.68. The molecule has 3 rings (SSSR count). The van der Waals surface area contributed by atoms with Crippen LogP contribution in [0.5, 0.6) is 0 Å². The second-order valence-electron chi connectivity index (χ2n) is 3.87. The third kappa shape index (κ3) is 2.41. The van der Waals surface area contributed by atoms with E-state index in [1.807, 2.05) is 17.8 Å². The van der Waals surface area contributed by atoms with Crippen molar-refractivity contribution in [1.29, 1.82) is 0 Å². The quantitative estimate of drug-likeness (QED) is 0.754. The first kappa shape index (κ1) is 11.0. The zero-order valence-electron chi connectivity index (χ0n) is 9.63. The van der Waals surface area contributed by atoms with E-state index in [0.29, 0.717) is 0 Å². The number of hydrogen-bond acceptors (Lipinski definition) is 4. The maximum absolute atomic E-state index is 4.05. The standard InChI is InChI=1S/C13H12N4S/c1-3-11(15-8-12-7-14-9-18-12)4-2-10(1)13-5-6-16-17-13/h1-7,9,15H,8H2,(H,16,17). The van der Waals surface area contributed by atoms with Crippen molar-refractivity contribution in [2.45, 2.75) is 6.54 Å². The minimum Gasteiger partial charge on any atom is -0.380 e. The molecule has 3 aromatic rings. The number of H-pyrrole nitrogens is 1. The fraction of sp³-hybridized carbons (Fsp3) is 0.0769. The highest BCUT2D eigenvalue weighted by Gasteiger charge is 1.99. The van der Waals surface area contributed by atoms with E-state index >= 15 is 0 Å². The van der Waals surface area contributed by atoms with Crippen molar-refractivity contribution in [3.8, 4) is 11.3 Å². The molecule has 0 aliphatic rings. The van der Waals surface area contributed by atoms with Crippen molar-refractivity contribution in [3.05, 3.63) is 53.1 Å². The highest BCUT2D eigenvalue weighted by atomic mass is 32.1. The summed E-state index contributed by atoms with van der Waals surface area (Å²) in [6, 6.07) is 10.2. The highest BCUT2D eigenvalue weighted by Crippen LogP contribution is 2.19. The van der Waals surface area contributed by atoms with Gasteiger partial charge >= 0.3 is 0 Å². The van der Waals surface area contributed by atoms with Gasteiger partial charge in [0.2, 0.25) is 0 Å². The van der Waals surface area contributed by atoms with Gasteiger partial charge in [-0.25, -0.2) is 0 Å². The number of thiazole rings is 1. The fourth-order valence-corrected chi connectivity index (χ4v) is 2.24. The lowest BCUT2D eigenvalue weighted by molar-refractivity contribution is 1.09. The second-order valence-corrected chi connectivity index (χ2v) is 4.84. The molecule has 1 aromatic carbocycles. The molecule has 0 unspecified atom stereocenters. The van der Waals surface area contributed by atoms with Crippen LogP contribution in [0.4, 0.5) is 5.69 Å². The Morgan fingerprint density at radius 1 is 1.17 bits per heavy atom. The van der Waals surface area contributed by atoms with E-state index in [0.717, 1.165) is 23.5 Å². The Morgan fingerprint density at radius 3 is 2.72 bits per heavy atom. The van der Waals surface area contributed by atoms with Gasteiger partial charge < -0.3 is 5.32 Å². The normalized spacial score (nSPS) is 10.4. The van der Waals surface area contributed by atoms with Crippen LogP contribution >= 0.6 is 11.3 Å². The van der Waals surface area contributed by atoms with Crippen LogP contribution in [0, 0.1) is 0 Å². The summed E-state index contributed by atoms with van der Waals surface area (Å²) in [6.45, 7) is 0.814. The lowest BCUT2D eigenvalue weighted by Gasteiger charge is -2.05. The maximum Gasteiger partial charge on any atom is 0.0794 e. The Morgan fingerprint density at radius 2 is 2.06 bits per heavy atom. The summed E-state index contributed by atoms with van der Waals surface area (Å²) in [7, 11) is 0. The predicted molar refractivity (Wildman–Crippen MR) is 73.5 cm³/mol. The van der Waals surface area contributed by atoms with Gasteiger partial charge in [0.1, 0.15) is 0 Å². The van der Waals surface area contributed by atoms with Gasteiger partial charge in [-0.15, -0.1) is 11.3 Å². The number of rotatable bonds is 4. The lowest BCUT2D eigenvalue weighted by Crippen LogP contribution is -1.96. The molecule has 5 heteroatoms. The van der Waals surface area contributed by atoms with Gasteiger partial charge in [0.25, 0.3) is 0 Å². The average molecular weight is 256 g/mol. The molecule has 0 saturated heterocycles. The van der Waals surface area contributed by atoms with E-state index in [1.165, 1.54) is 4.88 Å². The van der Waals surface area contributed by atoms with Crippen molar-refractivity contribution in [3.63, 3.8) is 0 Å². The molecule has 2 heterocycles. The predicted octanol–water partition coefficient (Wildman–Crippen LogP) is 3.15. The lowest BCUT2D eigenvalue weighted by atomic mass is 10.1. The highest BCUT2D eigenvalue weighted by molar-refractivity contribution is 7.09. The topological polar surface area (TPSA) is 53.6 Å². The molecule has 4 nitrogen and oxygen atoms in total. The molecule has 90 valence electrons. The van der Waals surface area contributed by atoms with Crippen molar-refractivity contribution in [2.75, 3.05) is 5.32 Å². The van der Waals surface area contributed by atoms with Gasteiger partial charge in [0.15, 0.2) is 0 Å². The number of benzene rings is 1. The number of aromatic nitrogens is 3. The summed E-state index contributed by atoms with van der Waals surface area (Å²) in [4.78, 5) is 5.28. The molecule has 0 spiro atoms. The monoisotopic (exact) mass is 256 g/mol. The SMILES string of the molecule is c1cc(-c2ccc(NCc3cncs3)cc2)[nH]n1. The van der Waals surface area contributed by atoms with Crippen LogP contribution in [0.15, 0.2) is 48.2 Å². The molecule has 0 saturated carbocycles. The van der Waals surface area contributed by atoms with Gasteiger partial charge in [-0.05, 0) is 23.8 Å². The van der Waals surface area contributed by atoms with Crippen LogP contribution < -0.4 is 5.32 Å². The molecule has 0 aliphatic carbocycles. The van der Waals surface area contributed by atoms with E-state index in [2.05, 4.69) is 44.8 Å². The van der Waals surface area contributed by atoms with Crippen LogP contribution in [-0.2, 0) is 6.54 Å². The molecule has 0 radical (unpaired) electrons. The van der Waals surface area contributed by atoms with E-state index in [-0.39, 0.29) is 0 Å². The molecule has 0 bridgehead atoms. The molecular formula is C13H12N4S. The Kier molecular flexibility index (Phi) is 3.06. The first-order chi connectivity index (χ1) is 8.92. The van der Waals surface area contributed by atoms with Gasteiger partial charge in [-0.3, -0.25) is 10.1 Å². The van der Waals surface area contributed by atoms with Crippen LogP contribution in [0.3, 0.4) is 0 Å². The largest absolute Gasteiger partial charge is 0.380 e. The third-order valence-electron chi connectivity index (χ3n) is 2.65. The number of anilines is 1. The van der Waals surface area contributed by atoms with Crippen LogP contribution in [-0.4, -0.2) is 15.2 Å². The molecular weight excluding hydrogens is 244 g/mol. The zero-order valence-corrected chi connectivity index (χ0v) is 10.4. The van der Waals surface area contributed by atoms with Gasteiger partial charge in [-0.2, -0.15) is 5.10 Å². The zero-order chi connectivity index (χ0) is 12.2. The number of aromatic amines is 1. The first-order valence-corrected chi connectivity index (χ1v) is 6.51. The number of nitrogens with zero attached hydrogens (tertiary/aromatic N) is 2. The van der Waals surface area contributed by atoms with Crippen LogP contribution in [0.2, 0.25) is 0 Å². The summed E-state index contributed by atoms with van der Waals surface area (Å²) in [6.07, 6.45) is 3.64. The van der Waals surface area contributed by atoms with Crippen molar-refractivity contribution in [1.82, 2.24) is 15.2 Å². The second kappa shape index (κ2) is 5.01. The molecule has 2 aromatic heterocycles. The Labute approximate surface area is 109 Å². The van der Waals surface area contributed by atoms with E-state index in [4.69, 9.17) is 0 Å². The molecule has 2 N–H and O–H groups in total. The Hall–Kier alpha value is -2.14. The van der Waals surface area contributed by atoms with E-state index in [9.17, 15) is 0 Å². The first-order valence-electron chi connectivity index (χ1n) is 5.63. The molecule has 0 atom stereocenters. The molecule has 18 heavy (non-hydrogen) atoms. The van der Waals surface area contributed by atoms with Crippen LogP contribution in [0.1, 0.15) is 4.88 Å². The van der Waals surface area contributed by atoms with E-state index in [1.54, 1.807) is 17.5 Å². The maximum atomic E-state index is 4.05. The van der Waals surface area contributed by atoms with Crippen LogP contribution in [0.25, 0.3) is 11.3 Å². The van der Waals surface area contributed by atoms with Gasteiger partial charge in [0.05, 0.1) is 17.7 Å². The van der Waals surface area contributed by atoms with E-state index < -0.39 is 0 Å². The summed E-state index contributed by atoms with van der Waals surface area (Å²) in [5, 5.41) is 10.3. The average Bonchev–Trinajstić information content (AvgIpc) is 3.10. The summed E-state index contributed by atoms with van der Waals surface area (Å²) in [5.41, 5.74) is 5.12. The molecule has 0 amide bonds. The minimum atomic E-state index is 0.814. The third-order valence-corrected chi connectivity index (χ3v) is 3.43. The summed E-state index contributed by atoms with van der Waals surface area (Å²) < 4.78 is 0. The smallest absolute Gasteiger partial charge is 0.0794 e. The Bertz CT molecular complexity index is 584. The van der Waals surface area contributed by atoms with Gasteiger partial charge in [-0.1, -0.05) is 12.1 Å². The van der Waals surface area contributed by atoms with Crippen molar-refractivity contribution >= 4 is 17.0 Å². The molecule has 0 fully saturated rings. The molecule has 0 aliphatic heterocycles. The van der Waals surface area contributed by atoms with Crippen molar-refractivity contribution < 1.29 is 0 Å². The minimum absolute atomic E-state index is 0.814. The number of hydrogen-bond donors (Lipinski definition) is 2. The van der Waals surface area contributed by atoms with Gasteiger partial charge in [0, 0.05) is 23.0 Å². The summed E-state index contributed by atoms with van der Waals surface area (Å²) >= 11 is 1.66. The fourth-order valence-electron chi connectivity index (χ4n) is 1.70. The summed E-state index contributed by atoms with van der Waals surface area (Å²) in [5.74, 6) is 0.